The Labute approximate surface area is 436 Å². The molecule has 75 heavy (non-hydrogen) atoms. The average molecular weight is 1070 g/mol. The monoisotopic (exact) mass is 1070 g/mol. The summed E-state index contributed by atoms with van der Waals surface area (Å²) in [6.07, 6.45) is -0.0111. The third kappa shape index (κ3) is 24.8. The van der Waals surface area contributed by atoms with Gasteiger partial charge in [0.15, 0.2) is 0 Å². The van der Waals surface area contributed by atoms with Crippen molar-refractivity contribution in [1.29, 1.82) is 0 Å². The van der Waals surface area contributed by atoms with Crippen molar-refractivity contribution in [3.05, 3.63) is 0 Å². The zero-order valence-corrected chi connectivity index (χ0v) is 43.2. The second-order valence-electron chi connectivity index (χ2n) is 18.0. The van der Waals surface area contributed by atoms with Gasteiger partial charge in [0.05, 0.1) is 25.4 Å². The number of rotatable bonds is 26. The van der Waals surface area contributed by atoms with Crippen LogP contribution < -0.4 is 87.2 Å². The summed E-state index contributed by atoms with van der Waals surface area (Å²) in [7, 11) is 0. The van der Waals surface area contributed by atoms with Crippen LogP contribution in [0.2, 0.25) is 0 Å². The maximum atomic E-state index is 14.1. The smallest absolute Gasteiger partial charge is 0.245 e. The Morgan fingerprint density at radius 2 is 1.04 bits per heavy atom. The van der Waals surface area contributed by atoms with E-state index in [1.807, 2.05) is 0 Å². The quantitative estimate of drug-likeness (QED) is 0.0358. The van der Waals surface area contributed by atoms with Crippen molar-refractivity contribution in [1.82, 2.24) is 58.5 Å². The van der Waals surface area contributed by atoms with E-state index in [2.05, 4.69) is 65.4 Å². The molecular formula is C45H84N16O14. The summed E-state index contributed by atoms with van der Waals surface area (Å²) >= 11 is 0. The molecule has 1 heterocycles. The van der Waals surface area contributed by atoms with Crippen molar-refractivity contribution in [2.24, 2.45) is 28.7 Å². The minimum Gasteiger partial charge on any atom is -0.394 e. The first kappa shape index (κ1) is 66.9. The second-order valence-corrected chi connectivity index (χ2v) is 18.0. The molecule has 428 valence electrons. The van der Waals surface area contributed by atoms with Crippen LogP contribution in [-0.4, -0.2) is 199 Å². The summed E-state index contributed by atoms with van der Waals surface area (Å²) in [6, 6.07) is -13.8. The van der Waals surface area contributed by atoms with Gasteiger partial charge in [0, 0.05) is 13.0 Å². The molecule has 24 N–H and O–H groups in total. The molecule has 0 radical (unpaired) electrons. The highest BCUT2D eigenvalue weighted by Gasteiger charge is 2.36. The normalized spacial score (nSPS) is 22.9. The summed E-state index contributed by atoms with van der Waals surface area (Å²) in [5.74, 6) is -10.4. The number of carbonyl (C=O) groups excluding carboxylic acids is 11. The number of hydrogen-bond donors (Lipinski definition) is 19. The first-order chi connectivity index (χ1) is 35.6. The molecule has 0 bridgehead atoms. The molecule has 1 aliphatic heterocycles. The van der Waals surface area contributed by atoms with Crippen molar-refractivity contribution >= 4 is 65.0 Å². The number of unbranched alkanes of at least 4 members (excludes halogenated alkanes) is 4. The van der Waals surface area contributed by atoms with Crippen LogP contribution in [0.4, 0.5) is 0 Å². The lowest BCUT2D eigenvalue weighted by Gasteiger charge is -2.27. The van der Waals surface area contributed by atoms with Gasteiger partial charge in [-0.25, -0.2) is 0 Å². The van der Waals surface area contributed by atoms with Crippen LogP contribution in [0.15, 0.2) is 0 Å². The Bertz CT molecular complexity index is 1880. The number of hydrogen-bond acceptors (Lipinski definition) is 19. The zero-order chi connectivity index (χ0) is 56.6. The molecule has 0 aromatic carbocycles. The van der Waals surface area contributed by atoms with E-state index < -0.39 is 158 Å². The molecule has 0 aromatic heterocycles. The molecule has 11 atom stereocenters. The van der Waals surface area contributed by atoms with E-state index in [9.17, 15) is 68.1 Å². The number of amides is 11. The molecule has 1 aliphatic rings. The van der Waals surface area contributed by atoms with Crippen LogP contribution in [-0.2, 0) is 52.7 Å². The Morgan fingerprint density at radius 3 is 1.57 bits per heavy atom. The van der Waals surface area contributed by atoms with Gasteiger partial charge < -0.3 is 102 Å². The second kappa shape index (κ2) is 36.7. The SMILES string of the molecule is CCCCCCCC(=O)N[C@@H](CCN)C(=O)N[C@@H](CO)C(=O)N[C@@H](CCN)C(=O)N[C@H]1CCNC(=O)[C@H]([C@@H](C)O)NC(=O)[C@H](CCN)NC(=O)[C@H](CCN)NC(=O)[C@H]([C@@H](C)O)NC(=O)CNC(=O)[C@H](CCN)NC1=O. The lowest BCUT2D eigenvalue weighted by atomic mass is 10.1. The standard InChI is InChI=1S/C45H84N16O14/c1-4-5-6-7-8-9-33(65)53-27(11-17-47)38(68)59-32(23-62)43(73)56-28(12-18-48)39(69)57-31-15-21-51-44(74)35(24(2)63)61-42(72)30(14-20-50)55-40(70)29(13-19-49)58-45(75)36(25(3)64)60-34(66)22-52-37(67)26(10-16-46)54-41(31)71/h24-32,35-36,62-64H,4-23,46-50H2,1-3H3,(H,51,74)(H,52,67)(H,53,65)(H,54,71)(H,55,70)(H,56,73)(H,57,69)(H,58,75)(H,59,68)(H,60,66)(H,61,72)/t24-,25-,26+,27+,28+,29+,30+,31+,32+,35+,36+/m1/s1. The first-order valence-corrected chi connectivity index (χ1v) is 25.4. The number of nitrogens with one attached hydrogen (secondary N) is 11. The van der Waals surface area contributed by atoms with E-state index in [1.165, 1.54) is 6.92 Å². The molecule has 1 saturated heterocycles. The maximum absolute atomic E-state index is 14.1. The molecule has 1 fully saturated rings. The van der Waals surface area contributed by atoms with Gasteiger partial charge in [-0.3, -0.25) is 52.7 Å². The predicted octanol–water partition coefficient (Wildman–Crippen LogP) is -9.16. The van der Waals surface area contributed by atoms with Crippen LogP contribution in [0, 0.1) is 0 Å². The number of aliphatic hydroxyl groups is 3. The number of nitrogens with two attached hydrogens (primary N) is 5. The van der Waals surface area contributed by atoms with Crippen LogP contribution in [0.1, 0.15) is 97.8 Å². The van der Waals surface area contributed by atoms with Gasteiger partial charge in [0.1, 0.15) is 54.4 Å². The Kier molecular flexibility index (Phi) is 32.8. The van der Waals surface area contributed by atoms with Gasteiger partial charge in [-0.2, -0.15) is 0 Å². The van der Waals surface area contributed by atoms with E-state index in [1.54, 1.807) is 0 Å². The highest BCUT2D eigenvalue weighted by Crippen LogP contribution is 2.08. The molecule has 1 rings (SSSR count). The lowest BCUT2D eigenvalue weighted by molar-refractivity contribution is -0.136. The number of carbonyl (C=O) groups is 11. The molecule has 30 nitrogen and oxygen atoms in total. The topological polar surface area (TPSA) is 511 Å². The van der Waals surface area contributed by atoms with Gasteiger partial charge in [-0.05, 0) is 91.5 Å². The Balaban J connectivity index is 3.59. The van der Waals surface area contributed by atoms with Gasteiger partial charge >= 0.3 is 0 Å². The minimum absolute atomic E-state index is 0.0115. The Hall–Kier alpha value is -6.15. The molecule has 0 spiro atoms. The molecule has 0 saturated carbocycles. The van der Waals surface area contributed by atoms with E-state index in [-0.39, 0.29) is 71.2 Å². The first-order valence-electron chi connectivity index (χ1n) is 25.4. The predicted molar refractivity (Wildman–Crippen MR) is 270 cm³/mol. The fraction of sp³-hybridized carbons (Fsp3) is 0.756. The van der Waals surface area contributed by atoms with Crippen molar-refractivity contribution in [2.75, 3.05) is 52.4 Å². The molecule has 0 unspecified atom stereocenters. The van der Waals surface area contributed by atoms with Crippen molar-refractivity contribution in [2.45, 2.75) is 164 Å². The van der Waals surface area contributed by atoms with Gasteiger partial charge in [0.25, 0.3) is 0 Å². The van der Waals surface area contributed by atoms with Crippen LogP contribution in [0.3, 0.4) is 0 Å². The highest BCUT2D eigenvalue weighted by atomic mass is 16.3. The summed E-state index contributed by atoms with van der Waals surface area (Å²) < 4.78 is 0. The summed E-state index contributed by atoms with van der Waals surface area (Å²) in [4.78, 5) is 148. The van der Waals surface area contributed by atoms with E-state index in [0.29, 0.717) is 6.42 Å². The summed E-state index contributed by atoms with van der Waals surface area (Å²) in [6.45, 7) is 1.35. The van der Waals surface area contributed by atoms with E-state index in [4.69, 9.17) is 28.7 Å². The molecule has 30 heteroatoms. The van der Waals surface area contributed by atoms with E-state index >= 15 is 0 Å². The Morgan fingerprint density at radius 1 is 0.560 bits per heavy atom. The maximum Gasteiger partial charge on any atom is 0.245 e. The summed E-state index contributed by atoms with van der Waals surface area (Å²) in [5, 5.41) is 57.6. The minimum atomic E-state index is -1.70. The zero-order valence-electron chi connectivity index (χ0n) is 43.2. The van der Waals surface area contributed by atoms with Gasteiger partial charge in [-0.15, -0.1) is 0 Å². The molecular weight excluding hydrogens is 989 g/mol. The average Bonchev–Trinajstić information content (AvgIpc) is 3.35. The van der Waals surface area contributed by atoms with Crippen LogP contribution >= 0.6 is 0 Å². The fourth-order valence-electron chi connectivity index (χ4n) is 7.45. The highest BCUT2D eigenvalue weighted by molar-refractivity contribution is 5.98. The van der Waals surface area contributed by atoms with Crippen molar-refractivity contribution in [3.8, 4) is 0 Å². The fourth-order valence-corrected chi connectivity index (χ4v) is 7.45. The molecule has 11 amide bonds. The third-order valence-electron chi connectivity index (χ3n) is 11.7. The van der Waals surface area contributed by atoms with Crippen LogP contribution in [0.25, 0.3) is 0 Å². The van der Waals surface area contributed by atoms with Crippen molar-refractivity contribution in [3.63, 3.8) is 0 Å². The molecule has 0 aliphatic carbocycles. The largest absolute Gasteiger partial charge is 0.394 e. The van der Waals surface area contributed by atoms with Crippen LogP contribution in [0.5, 0.6) is 0 Å². The lowest BCUT2D eigenvalue weighted by Crippen LogP contribution is -2.61. The number of aliphatic hydroxyl groups excluding tert-OH is 3. The van der Waals surface area contributed by atoms with E-state index in [0.717, 1.165) is 32.6 Å². The van der Waals surface area contributed by atoms with Gasteiger partial charge in [-0.1, -0.05) is 32.6 Å². The van der Waals surface area contributed by atoms with Crippen molar-refractivity contribution < 1.29 is 68.1 Å². The summed E-state index contributed by atoms with van der Waals surface area (Å²) in [5.41, 5.74) is 28.7. The molecule has 0 aromatic rings. The van der Waals surface area contributed by atoms with Gasteiger partial charge in [0.2, 0.25) is 65.0 Å². The third-order valence-corrected chi connectivity index (χ3v) is 11.7.